The van der Waals surface area contributed by atoms with Crippen molar-refractivity contribution in [1.29, 1.82) is 0 Å². The molecule has 0 amide bonds. The Bertz CT molecular complexity index is 948. The number of nitrogens with one attached hydrogen (secondary N) is 1. The Morgan fingerprint density at radius 1 is 0.857 bits per heavy atom. The van der Waals surface area contributed by atoms with E-state index < -0.39 is 0 Å². The van der Waals surface area contributed by atoms with Gasteiger partial charge < -0.3 is 15.2 Å². The molecule has 2 atom stereocenters. The van der Waals surface area contributed by atoms with Crippen LogP contribution in [0.25, 0.3) is 0 Å². The zero-order valence-electron chi connectivity index (χ0n) is 15.8. The molecule has 3 aromatic rings. The molecule has 1 aliphatic heterocycles. The predicted molar refractivity (Wildman–Crippen MR) is 111 cm³/mol. The molecule has 1 heterocycles. The lowest BCUT2D eigenvalue weighted by molar-refractivity contribution is 0.142. The third-order valence-corrected chi connectivity index (χ3v) is 6.10. The molecule has 1 saturated heterocycles. The van der Waals surface area contributed by atoms with Crippen molar-refractivity contribution in [3.63, 3.8) is 0 Å². The summed E-state index contributed by atoms with van der Waals surface area (Å²) in [5.74, 6) is 2.01. The summed E-state index contributed by atoms with van der Waals surface area (Å²) >= 11 is 0. The maximum atomic E-state index is 9.96. The standard InChI is InChI=1S/C25H25NO2/c27-20-9-13-24-19(14-20)8-12-23(17-4-2-1-3-5-17)25(24)18-6-10-21(11-7-18)28-22-15-26-16-22/h1-7,9-11,13-14,22-23,25-27H,8,12,15-16H2/t23-,25+/m0/s1. The van der Waals surface area contributed by atoms with E-state index in [1.54, 1.807) is 0 Å². The SMILES string of the molecule is Oc1ccc2c(c1)CC[C@@H](c1ccccc1)[C@H]2c1ccc(OC2CNC2)cc1. The summed E-state index contributed by atoms with van der Waals surface area (Å²) in [6.07, 6.45) is 2.37. The lowest BCUT2D eigenvalue weighted by Crippen LogP contribution is -2.50. The molecule has 3 aromatic carbocycles. The average molecular weight is 371 g/mol. The van der Waals surface area contributed by atoms with E-state index in [1.807, 2.05) is 12.1 Å². The van der Waals surface area contributed by atoms with Crippen molar-refractivity contribution in [3.05, 3.63) is 95.1 Å². The number of phenols is 1. The molecule has 3 heteroatoms. The minimum atomic E-state index is 0.283. The van der Waals surface area contributed by atoms with Gasteiger partial charge in [0.2, 0.25) is 0 Å². The molecule has 2 aliphatic rings. The molecule has 0 bridgehead atoms. The van der Waals surface area contributed by atoms with E-state index in [9.17, 15) is 5.11 Å². The Labute approximate surface area is 166 Å². The van der Waals surface area contributed by atoms with Gasteiger partial charge in [-0.1, -0.05) is 48.5 Å². The number of fused-ring (bicyclic) bond motifs is 1. The zero-order valence-corrected chi connectivity index (χ0v) is 15.8. The van der Waals surface area contributed by atoms with Gasteiger partial charge in [0.15, 0.2) is 0 Å². The fourth-order valence-corrected chi connectivity index (χ4v) is 4.57. The van der Waals surface area contributed by atoms with Crippen LogP contribution >= 0.6 is 0 Å². The number of hydrogen-bond acceptors (Lipinski definition) is 3. The van der Waals surface area contributed by atoms with Crippen LogP contribution in [0.1, 0.15) is 40.5 Å². The molecule has 2 N–H and O–H groups in total. The summed E-state index contributed by atoms with van der Waals surface area (Å²) in [6, 6.07) is 25.3. The molecular formula is C25H25NO2. The first-order valence-electron chi connectivity index (χ1n) is 10.1. The molecule has 3 nitrogen and oxygen atoms in total. The third kappa shape index (κ3) is 3.27. The average Bonchev–Trinajstić information content (AvgIpc) is 2.71. The summed E-state index contributed by atoms with van der Waals surface area (Å²) in [6.45, 7) is 1.86. The van der Waals surface area contributed by atoms with Gasteiger partial charge in [-0.2, -0.15) is 0 Å². The van der Waals surface area contributed by atoms with Gasteiger partial charge in [0, 0.05) is 19.0 Å². The normalized spacial score (nSPS) is 21.6. The molecule has 0 spiro atoms. The van der Waals surface area contributed by atoms with Crippen LogP contribution in [0.2, 0.25) is 0 Å². The van der Waals surface area contributed by atoms with E-state index in [0.717, 1.165) is 31.7 Å². The minimum Gasteiger partial charge on any atom is -0.508 e. The van der Waals surface area contributed by atoms with E-state index in [0.29, 0.717) is 17.8 Å². The largest absolute Gasteiger partial charge is 0.508 e. The number of hydrogen-bond donors (Lipinski definition) is 2. The van der Waals surface area contributed by atoms with Crippen molar-refractivity contribution in [2.75, 3.05) is 13.1 Å². The van der Waals surface area contributed by atoms with E-state index in [2.05, 4.69) is 66.0 Å². The highest BCUT2D eigenvalue weighted by atomic mass is 16.5. The summed E-state index contributed by atoms with van der Waals surface area (Å²) in [4.78, 5) is 0. The quantitative estimate of drug-likeness (QED) is 0.704. The highest BCUT2D eigenvalue weighted by molar-refractivity contribution is 5.48. The third-order valence-electron chi connectivity index (χ3n) is 6.10. The fourth-order valence-electron chi connectivity index (χ4n) is 4.57. The van der Waals surface area contributed by atoms with Gasteiger partial charge in [-0.25, -0.2) is 0 Å². The van der Waals surface area contributed by atoms with Crippen LogP contribution in [0.5, 0.6) is 11.5 Å². The van der Waals surface area contributed by atoms with E-state index >= 15 is 0 Å². The molecule has 0 unspecified atom stereocenters. The number of aryl methyl sites for hydroxylation is 1. The summed E-state index contributed by atoms with van der Waals surface area (Å²) in [7, 11) is 0. The lowest BCUT2D eigenvalue weighted by Gasteiger charge is -2.35. The number of phenolic OH excluding ortho intramolecular Hbond substituents is 1. The minimum absolute atomic E-state index is 0.283. The van der Waals surface area contributed by atoms with Gasteiger partial charge in [-0.3, -0.25) is 0 Å². The second-order valence-corrected chi connectivity index (χ2v) is 7.88. The van der Waals surface area contributed by atoms with Gasteiger partial charge in [-0.05, 0) is 65.3 Å². The lowest BCUT2D eigenvalue weighted by atomic mass is 9.69. The maximum Gasteiger partial charge on any atom is 0.123 e. The van der Waals surface area contributed by atoms with Gasteiger partial charge in [0.05, 0.1) is 0 Å². The zero-order chi connectivity index (χ0) is 18.9. The van der Waals surface area contributed by atoms with Crippen molar-refractivity contribution in [1.82, 2.24) is 5.32 Å². The van der Waals surface area contributed by atoms with Crippen molar-refractivity contribution < 1.29 is 9.84 Å². The number of benzene rings is 3. The molecule has 1 fully saturated rings. The van der Waals surface area contributed by atoms with Crippen molar-refractivity contribution >= 4 is 0 Å². The second-order valence-electron chi connectivity index (χ2n) is 7.88. The van der Waals surface area contributed by atoms with Crippen LogP contribution in [0.15, 0.2) is 72.8 Å². The Kier molecular flexibility index (Phi) is 4.53. The van der Waals surface area contributed by atoms with E-state index in [4.69, 9.17) is 4.74 Å². The van der Waals surface area contributed by atoms with E-state index in [1.165, 1.54) is 22.3 Å². The molecule has 0 radical (unpaired) electrons. The maximum absolute atomic E-state index is 9.96. The predicted octanol–water partition coefficient (Wildman–Crippen LogP) is 4.60. The van der Waals surface area contributed by atoms with Crippen LogP contribution in [-0.4, -0.2) is 24.3 Å². The van der Waals surface area contributed by atoms with Crippen LogP contribution in [0.3, 0.4) is 0 Å². The van der Waals surface area contributed by atoms with Gasteiger partial charge >= 0.3 is 0 Å². The Morgan fingerprint density at radius 3 is 2.36 bits per heavy atom. The van der Waals surface area contributed by atoms with Crippen LogP contribution in [0, 0.1) is 0 Å². The first kappa shape index (κ1) is 17.3. The Morgan fingerprint density at radius 2 is 1.64 bits per heavy atom. The Balaban J connectivity index is 1.52. The van der Waals surface area contributed by atoms with Gasteiger partial charge in [-0.15, -0.1) is 0 Å². The van der Waals surface area contributed by atoms with Gasteiger partial charge in [0.25, 0.3) is 0 Å². The first-order valence-corrected chi connectivity index (χ1v) is 10.1. The number of rotatable bonds is 4. The highest BCUT2D eigenvalue weighted by Gasteiger charge is 2.32. The van der Waals surface area contributed by atoms with Gasteiger partial charge in [0.1, 0.15) is 17.6 Å². The smallest absolute Gasteiger partial charge is 0.123 e. The van der Waals surface area contributed by atoms with Crippen LogP contribution < -0.4 is 10.1 Å². The molecule has 142 valence electrons. The Hall–Kier alpha value is -2.78. The second kappa shape index (κ2) is 7.33. The number of ether oxygens (including phenoxy) is 1. The van der Waals surface area contributed by atoms with Crippen LogP contribution in [-0.2, 0) is 6.42 Å². The summed E-state index contributed by atoms with van der Waals surface area (Å²) in [5, 5.41) is 13.2. The van der Waals surface area contributed by atoms with Crippen molar-refractivity contribution in [3.8, 4) is 11.5 Å². The molecule has 0 saturated carbocycles. The first-order chi connectivity index (χ1) is 13.8. The topological polar surface area (TPSA) is 41.5 Å². The molecule has 28 heavy (non-hydrogen) atoms. The molecule has 5 rings (SSSR count). The fraction of sp³-hybridized carbons (Fsp3) is 0.280. The molecule has 0 aromatic heterocycles. The summed E-state index contributed by atoms with van der Waals surface area (Å²) in [5.41, 5.74) is 5.28. The monoisotopic (exact) mass is 371 g/mol. The highest BCUT2D eigenvalue weighted by Crippen LogP contribution is 2.47. The number of aromatic hydroxyl groups is 1. The van der Waals surface area contributed by atoms with Crippen LogP contribution in [0.4, 0.5) is 0 Å². The van der Waals surface area contributed by atoms with Crippen molar-refractivity contribution in [2.45, 2.75) is 30.8 Å². The molecule has 1 aliphatic carbocycles. The molecular weight excluding hydrogens is 346 g/mol. The summed E-state index contributed by atoms with van der Waals surface area (Å²) < 4.78 is 5.99. The van der Waals surface area contributed by atoms with E-state index in [-0.39, 0.29) is 5.92 Å². The van der Waals surface area contributed by atoms with Crippen molar-refractivity contribution in [2.24, 2.45) is 0 Å².